The van der Waals surface area contributed by atoms with E-state index in [-0.39, 0.29) is 5.54 Å². The second-order valence-electron chi connectivity index (χ2n) is 8.01. The van der Waals surface area contributed by atoms with Gasteiger partial charge in [-0.15, -0.1) is 0 Å². The summed E-state index contributed by atoms with van der Waals surface area (Å²) in [7, 11) is 0. The number of benzene rings is 1. The SMILES string of the molecule is CC(C)(C)NCCc1ccc(CN2CC3CCC2C3)cc1. The van der Waals surface area contributed by atoms with Crippen LogP contribution in [0.2, 0.25) is 0 Å². The minimum absolute atomic E-state index is 0.217. The highest BCUT2D eigenvalue weighted by Gasteiger charge is 2.37. The maximum absolute atomic E-state index is 3.55. The summed E-state index contributed by atoms with van der Waals surface area (Å²) in [5, 5.41) is 3.55. The van der Waals surface area contributed by atoms with Crippen LogP contribution in [0.15, 0.2) is 24.3 Å². The van der Waals surface area contributed by atoms with Crippen molar-refractivity contribution in [3.63, 3.8) is 0 Å². The van der Waals surface area contributed by atoms with E-state index in [0.29, 0.717) is 0 Å². The van der Waals surface area contributed by atoms with E-state index in [9.17, 15) is 0 Å². The fourth-order valence-corrected chi connectivity index (χ4v) is 3.85. The number of hydrogen-bond donors (Lipinski definition) is 1. The van der Waals surface area contributed by atoms with Crippen molar-refractivity contribution < 1.29 is 0 Å². The highest BCUT2D eigenvalue weighted by molar-refractivity contribution is 5.23. The molecule has 1 saturated carbocycles. The van der Waals surface area contributed by atoms with Gasteiger partial charge in [0.05, 0.1) is 0 Å². The number of hydrogen-bond acceptors (Lipinski definition) is 2. The first-order chi connectivity index (χ1) is 9.99. The maximum Gasteiger partial charge on any atom is 0.0236 e. The first-order valence-electron chi connectivity index (χ1n) is 8.56. The quantitative estimate of drug-likeness (QED) is 0.889. The molecule has 1 aromatic rings. The molecule has 2 bridgehead atoms. The van der Waals surface area contributed by atoms with Crippen molar-refractivity contribution in [2.45, 2.75) is 64.6 Å². The van der Waals surface area contributed by atoms with Crippen LogP contribution < -0.4 is 5.32 Å². The molecule has 2 aliphatic rings. The molecule has 1 aliphatic heterocycles. The lowest BCUT2D eigenvalue weighted by molar-refractivity contribution is 0.205. The molecule has 1 aromatic carbocycles. The van der Waals surface area contributed by atoms with Gasteiger partial charge in [-0.3, -0.25) is 4.90 Å². The van der Waals surface area contributed by atoms with Crippen molar-refractivity contribution in [3.8, 4) is 0 Å². The van der Waals surface area contributed by atoms with E-state index >= 15 is 0 Å². The van der Waals surface area contributed by atoms with Gasteiger partial charge >= 0.3 is 0 Å². The lowest BCUT2D eigenvalue weighted by Gasteiger charge is -2.26. The number of fused-ring (bicyclic) bond motifs is 2. The molecule has 2 fully saturated rings. The van der Waals surface area contributed by atoms with Crippen LogP contribution in [-0.2, 0) is 13.0 Å². The second-order valence-corrected chi connectivity index (χ2v) is 8.01. The first-order valence-corrected chi connectivity index (χ1v) is 8.56. The number of likely N-dealkylation sites (tertiary alicyclic amines) is 1. The Kier molecular flexibility index (Phi) is 4.37. The average molecular weight is 286 g/mol. The fourth-order valence-electron chi connectivity index (χ4n) is 3.85. The summed E-state index contributed by atoms with van der Waals surface area (Å²) < 4.78 is 0. The second kappa shape index (κ2) is 6.10. The van der Waals surface area contributed by atoms with Crippen LogP contribution in [-0.4, -0.2) is 29.6 Å². The third-order valence-electron chi connectivity index (χ3n) is 5.00. The Labute approximate surface area is 129 Å². The lowest BCUT2D eigenvalue weighted by atomic mass is 10.1. The molecule has 1 heterocycles. The Balaban J connectivity index is 1.48. The van der Waals surface area contributed by atoms with Crippen molar-refractivity contribution in [3.05, 3.63) is 35.4 Å². The minimum atomic E-state index is 0.217. The van der Waals surface area contributed by atoms with Gasteiger partial charge in [-0.25, -0.2) is 0 Å². The molecular weight excluding hydrogens is 256 g/mol. The Morgan fingerprint density at radius 2 is 1.81 bits per heavy atom. The highest BCUT2D eigenvalue weighted by Crippen LogP contribution is 2.38. The summed E-state index contributed by atoms with van der Waals surface area (Å²) in [5.74, 6) is 0.998. The maximum atomic E-state index is 3.55. The molecule has 0 aromatic heterocycles. The summed E-state index contributed by atoms with van der Waals surface area (Å²) in [4.78, 5) is 2.70. The first kappa shape index (κ1) is 15.1. The minimum Gasteiger partial charge on any atom is -0.312 e. The smallest absolute Gasteiger partial charge is 0.0236 e. The molecule has 0 amide bonds. The van der Waals surface area contributed by atoms with E-state index in [1.807, 2.05) is 0 Å². The molecule has 116 valence electrons. The van der Waals surface area contributed by atoms with E-state index in [1.165, 1.54) is 36.9 Å². The summed E-state index contributed by atoms with van der Waals surface area (Å²) in [6.45, 7) is 10.2. The molecule has 2 heteroatoms. The molecule has 0 spiro atoms. The standard InChI is InChI=1S/C19H30N2/c1-19(2,3)20-11-10-15-4-6-16(7-5-15)13-21-14-17-8-9-18(21)12-17/h4-7,17-18,20H,8-14H2,1-3H3. The van der Waals surface area contributed by atoms with Crippen molar-refractivity contribution >= 4 is 0 Å². The van der Waals surface area contributed by atoms with E-state index in [1.54, 1.807) is 0 Å². The molecule has 2 nitrogen and oxygen atoms in total. The number of piperidine rings is 1. The molecule has 1 aliphatic carbocycles. The third-order valence-corrected chi connectivity index (χ3v) is 5.00. The average Bonchev–Trinajstić information content (AvgIpc) is 3.02. The van der Waals surface area contributed by atoms with Crippen molar-refractivity contribution in [2.24, 2.45) is 5.92 Å². The largest absolute Gasteiger partial charge is 0.312 e. The normalized spacial score (nSPS) is 25.7. The van der Waals surface area contributed by atoms with Crippen molar-refractivity contribution in [1.29, 1.82) is 0 Å². The van der Waals surface area contributed by atoms with Crippen LogP contribution in [0.1, 0.15) is 51.2 Å². The van der Waals surface area contributed by atoms with Crippen LogP contribution in [0, 0.1) is 5.92 Å². The fraction of sp³-hybridized carbons (Fsp3) is 0.684. The lowest BCUT2D eigenvalue weighted by Crippen LogP contribution is -2.37. The van der Waals surface area contributed by atoms with Gasteiger partial charge in [0.15, 0.2) is 0 Å². The van der Waals surface area contributed by atoms with Gasteiger partial charge < -0.3 is 5.32 Å². The van der Waals surface area contributed by atoms with Gasteiger partial charge in [0, 0.05) is 24.7 Å². The van der Waals surface area contributed by atoms with E-state index in [2.05, 4.69) is 55.3 Å². The van der Waals surface area contributed by atoms with Gasteiger partial charge in [-0.05, 0) is 70.0 Å². The van der Waals surface area contributed by atoms with E-state index in [4.69, 9.17) is 0 Å². The molecule has 1 saturated heterocycles. The Hall–Kier alpha value is -0.860. The van der Waals surface area contributed by atoms with E-state index in [0.717, 1.165) is 31.5 Å². The zero-order valence-electron chi connectivity index (χ0n) is 13.9. The van der Waals surface area contributed by atoms with Gasteiger partial charge in [-0.2, -0.15) is 0 Å². The molecule has 1 N–H and O–H groups in total. The van der Waals surface area contributed by atoms with Crippen LogP contribution in [0.5, 0.6) is 0 Å². The zero-order valence-corrected chi connectivity index (χ0v) is 13.9. The number of nitrogens with one attached hydrogen (secondary N) is 1. The predicted molar refractivity (Wildman–Crippen MR) is 89.4 cm³/mol. The monoisotopic (exact) mass is 286 g/mol. The predicted octanol–water partition coefficient (Wildman–Crippen LogP) is 3.60. The molecular formula is C19H30N2. The molecule has 21 heavy (non-hydrogen) atoms. The number of rotatable bonds is 5. The van der Waals surface area contributed by atoms with E-state index < -0.39 is 0 Å². The molecule has 0 radical (unpaired) electrons. The van der Waals surface area contributed by atoms with Crippen LogP contribution in [0.25, 0.3) is 0 Å². The van der Waals surface area contributed by atoms with Crippen LogP contribution in [0.3, 0.4) is 0 Å². The van der Waals surface area contributed by atoms with Gasteiger partial charge in [-0.1, -0.05) is 24.3 Å². The Morgan fingerprint density at radius 3 is 2.38 bits per heavy atom. The van der Waals surface area contributed by atoms with Gasteiger partial charge in [0.2, 0.25) is 0 Å². The molecule has 2 unspecified atom stereocenters. The summed E-state index contributed by atoms with van der Waals surface area (Å²) in [5.41, 5.74) is 3.14. The molecule has 2 atom stereocenters. The Bertz CT molecular complexity index is 457. The van der Waals surface area contributed by atoms with Crippen molar-refractivity contribution in [2.75, 3.05) is 13.1 Å². The van der Waals surface area contributed by atoms with Gasteiger partial charge in [0.25, 0.3) is 0 Å². The topological polar surface area (TPSA) is 15.3 Å². The zero-order chi connectivity index (χ0) is 14.9. The van der Waals surface area contributed by atoms with Gasteiger partial charge in [0.1, 0.15) is 0 Å². The Morgan fingerprint density at radius 1 is 1.10 bits per heavy atom. The third kappa shape index (κ3) is 4.08. The summed E-state index contributed by atoms with van der Waals surface area (Å²) >= 11 is 0. The van der Waals surface area contributed by atoms with Crippen LogP contribution >= 0.6 is 0 Å². The summed E-state index contributed by atoms with van der Waals surface area (Å²) in [6, 6.07) is 10.2. The highest BCUT2D eigenvalue weighted by atomic mass is 15.2. The summed E-state index contributed by atoms with van der Waals surface area (Å²) in [6.07, 6.45) is 5.48. The van der Waals surface area contributed by atoms with Crippen molar-refractivity contribution in [1.82, 2.24) is 10.2 Å². The van der Waals surface area contributed by atoms with Crippen LogP contribution in [0.4, 0.5) is 0 Å². The molecule has 3 rings (SSSR count). The number of nitrogens with zero attached hydrogens (tertiary/aromatic N) is 1.